The molecule has 2 aliphatic carbocycles. The van der Waals surface area contributed by atoms with Gasteiger partial charge in [0, 0.05) is 48.9 Å². The van der Waals surface area contributed by atoms with Gasteiger partial charge < -0.3 is 10.6 Å². The second kappa shape index (κ2) is 8.61. The molecule has 3 heterocycles. The maximum Gasteiger partial charge on any atom is 0.215 e. The quantitative estimate of drug-likeness (QED) is 0.500. The number of hydrazine groups is 1. The molecular formula is C27H32FN9. The van der Waals surface area contributed by atoms with Crippen LogP contribution in [0.4, 0.5) is 15.9 Å². The third kappa shape index (κ3) is 3.91. The van der Waals surface area contributed by atoms with E-state index in [0.717, 1.165) is 49.6 Å². The SMILES string of the molecule is NC1=NC(N)(c2ccc(N3CCN(C4CC5CCC4C5)CC3)cc2)NN1c1ncnc2ccc(F)cc12. The Labute approximate surface area is 215 Å². The molecule has 2 aliphatic heterocycles. The van der Waals surface area contributed by atoms with Crippen LogP contribution >= 0.6 is 0 Å². The van der Waals surface area contributed by atoms with E-state index in [-0.39, 0.29) is 11.8 Å². The highest BCUT2D eigenvalue weighted by Gasteiger charge is 2.43. The van der Waals surface area contributed by atoms with Gasteiger partial charge in [-0.05, 0) is 61.4 Å². The van der Waals surface area contributed by atoms with Gasteiger partial charge in [-0.25, -0.2) is 24.4 Å². The fourth-order valence-electron chi connectivity index (χ4n) is 6.86. The topological polar surface area (TPSA) is 112 Å². The second-order valence-electron chi connectivity index (χ2n) is 10.9. The molecule has 7 rings (SSSR count). The Morgan fingerprint density at radius 3 is 2.51 bits per heavy atom. The van der Waals surface area contributed by atoms with Gasteiger partial charge >= 0.3 is 0 Å². The molecule has 37 heavy (non-hydrogen) atoms. The second-order valence-corrected chi connectivity index (χ2v) is 10.9. The molecule has 3 aromatic rings. The number of aromatic nitrogens is 2. The maximum atomic E-state index is 14.0. The summed E-state index contributed by atoms with van der Waals surface area (Å²) >= 11 is 0. The molecule has 192 valence electrons. The lowest BCUT2D eigenvalue weighted by molar-refractivity contribution is 0.135. The third-order valence-electron chi connectivity index (χ3n) is 8.75. The number of benzene rings is 2. The van der Waals surface area contributed by atoms with Gasteiger partial charge in [0.15, 0.2) is 5.82 Å². The smallest absolute Gasteiger partial charge is 0.215 e. The lowest BCUT2D eigenvalue weighted by atomic mass is 9.93. The van der Waals surface area contributed by atoms with Gasteiger partial charge in [0.2, 0.25) is 11.7 Å². The number of fused-ring (bicyclic) bond motifs is 3. The summed E-state index contributed by atoms with van der Waals surface area (Å²) in [6.45, 7) is 4.33. The van der Waals surface area contributed by atoms with E-state index in [1.165, 1.54) is 54.8 Å². The van der Waals surface area contributed by atoms with Gasteiger partial charge in [0.1, 0.15) is 12.1 Å². The third-order valence-corrected chi connectivity index (χ3v) is 8.75. The van der Waals surface area contributed by atoms with E-state index < -0.39 is 5.79 Å². The van der Waals surface area contributed by atoms with Crippen LogP contribution < -0.4 is 26.8 Å². The van der Waals surface area contributed by atoms with Gasteiger partial charge in [-0.2, -0.15) is 5.43 Å². The van der Waals surface area contributed by atoms with Gasteiger partial charge in [-0.1, -0.05) is 18.6 Å². The number of piperazine rings is 1. The monoisotopic (exact) mass is 501 g/mol. The minimum atomic E-state index is -1.27. The number of anilines is 2. The lowest BCUT2D eigenvalue weighted by Crippen LogP contribution is -2.53. The number of halogens is 1. The van der Waals surface area contributed by atoms with E-state index in [2.05, 4.69) is 42.3 Å². The van der Waals surface area contributed by atoms with Crippen LogP contribution in [0.25, 0.3) is 10.9 Å². The number of hydrogen-bond donors (Lipinski definition) is 3. The molecule has 2 bridgehead atoms. The van der Waals surface area contributed by atoms with E-state index in [1.54, 1.807) is 6.07 Å². The fourth-order valence-corrected chi connectivity index (χ4v) is 6.86. The molecule has 10 heteroatoms. The Morgan fingerprint density at radius 2 is 1.78 bits per heavy atom. The predicted molar refractivity (Wildman–Crippen MR) is 142 cm³/mol. The number of guanidine groups is 1. The first-order valence-electron chi connectivity index (χ1n) is 13.2. The highest BCUT2D eigenvalue weighted by molar-refractivity contribution is 6.02. The van der Waals surface area contributed by atoms with Crippen LogP contribution in [0.15, 0.2) is 53.8 Å². The first-order chi connectivity index (χ1) is 18.0. The van der Waals surface area contributed by atoms with Crippen LogP contribution in [0, 0.1) is 17.7 Å². The van der Waals surface area contributed by atoms with Crippen molar-refractivity contribution in [1.29, 1.82) is 0 Å². The Hall–Kier alpha value is -3.34. The van der Waals surface area contributed by atoms with Crippen LogP contribution in [0.1, 0.15) is 31.2 Å². The summed E-state index contributed by atoms with van der Waals surface area (Å²) in [6, 6.07) is 13.3. The highest BCUT2D eigenvalue weighted by Crippen LogP contribution is 2.46. The number of aliphatic imine (C=N–C) groups is 1. The summed E-state index contributed by atoms with van der Waals surface area (Å²) in [5.74, 6) is 0.797. The molecule has 1 aromatic heterocycles. The molecule has 1 saturated heterocycles. The number of hydrogen-bond acceptors (Lipinski definition) is 9. The minimum Gasteiger partial charge on any atom is -0.369 e. The van der Waals surface area contributed by atoms with Gasteiger partial charge in [0.25, 0.3) is 0 Å². The van der Waals surface area contributed by atoms with E-state index >= 15 is 0 Å². The zero-order valence-corrected chi connectivity index (χ0v) is 20.7. The normalized spacial score (nSPS) is 29.9. The first-order valence-corrected chi connectivity index (χ1v) is 13.2. The molecule has 0 amide bonds. The van der Waals surface area contributed by atoms with Gasteiger partial charge in [-0.15, -0.1) is 0 Å². The van der Waals surface area contributed by atoms with Crippen molar-refractivity contribution in [3.63, 3.8) is 0 Å². The number of nitrogens with zero attached hydrogens (tertiary/aromatic N) is 6. The van der Waals surface area contributed by atoms with E-state index in [0.29, 0.717) is 16.7 Å². The number of rotatable bonds is 4. The maximum absolute atomic E-state index is 14.0. The number of nitrogens with one attached hydrogen (secondary N) is 1. The summed E-state index contributed by atoms with van der Waals surface area (Å²) < 4.78 is 14.0. The molecule has 9 nitrogen and oxygen atoms in total. The van der Waals surface area contributed by atoms with Crippen molar-refractivity contribution < 1.29 is 4.39 Å². The molecule has 0 spiro atoms. The summed E-state index contributed by atoms with van der Waals surface area (Å²) in [5, 5.41) is 2.00. The lowest BCUT2D eigenvalue weighted by Gasteiger charge is -2.42. The van der Waals surface area contributed by atoms with Crippen LogP contribution in [0.3, 0.4) is 0 Å². The molecule has 2 aromatic carbocycles. The van der Waals surface area contributed by atoms with Crippen molar-refractivity contribution in [3.05, 3.63) is 60.2 Å². The van der Waals surface area contributed by atoms with Crippen LogP contribution in [-0.2, 0) is 5.79 Å². The average molecular weight is 502 g/mol. The van der Waals surface area contributed by atoms with Crippen molar-refractivity contribution in [2.45, 2.75) is 37.5 Å². The molecule has 0 radical (unpaired) electrons. The van der Waals surface area contributed by atoms with Crippen LogP contribution in [0.5, 0.6) is 0 Å². The summed E-state index contributed by atoms with van der Waals surface area (Å²) in [4.78, 5) is 18.2. The Balaban J connectivity index is 1.05. The van der Waals surface area contributed by atoms with E-state index in [4.69, 9.17) is 11.5 Å². The van der Waals surface area contributed by atoms with Gasteiger partial charge in [0.05, 0.1) is 5.52 Å². The Kier molecular flexibility index (Phi) is 5.31. The molecule has 4 aliphatic rings. The summed E-state index contributed by atoms with van der Waals surface area (Å²) in [5.41, 5.74) is 18.6. The average Bonchev–Trinajstić information content (AvgIpc) is 3.63. The molecular weight excluding hydrogens is 469 g/mol. The van der Waals surface area contributed by atoms with E-state index in [9.17, 15) is 4.39 Å². The molecule has 4 unspecified atom stereocenters. The molecule has 2 saturated carbocycles. The van der Waals surface area contributed by atoms with Crippen LogP contribution in [0.2, 0.25) is 0 Å². The summed E-state index contributed by atoms with van der Waals surface area (Å²) in [7, 11) is 0. The van der Waals surface area contributed by atoms with Crippen LogP contribution in [-0.4, -0.2) is 53.0 Å². The van der Waals surface area contributed by atoms with Crippen molar-refractivity contribution in [2.75, 3.05) is 36.1 Å². The summed E-state index contributed by atoms with van der Waals surface area (Å²) in [6.07, 6.45) is 7.15. The largest absolute Gasteiger partial charge is 0.369 e. The molecule has 4 atom stereocenters. The van der Waals surface area contributed by atoms with E-state index in [1.807, 2.05) is 12.1 Å². The highest BCUT2D eigenvalue weighted by atomic mass is 19.1. The van der Waals surface area contributed by atoms with Crippen molar-refractivity contribution in [3.8, 4) is 0 Å². The van der Waals surface area contributed by atoms with Gasteiger partial charge in [-0.3, -0.25) is 10.6 Å². The van der Waals surface area contributed by atoms with Crippen molar-refractivity contribution in [1.82, 2.24) is 20.3 Å². The standard InChI is InChI=1S/C27H32FN9/c28-20-5-8-23-22(15-20)25(32-16-31-23)37-26(29)33-27(30,34-37)19-3-6-21(7-4-19)35-9-11-36(12-10-35)24-14-17-1-2-18(24)13-17/h3-8,15-18,24,34H,1-2,9-14,30H2,(H2,29,33). The van der Waals surface area contributed by atoms with Crippen molar-refractivity contribution in [2.24, 2.45) is 28.3 Å². The Bertz CT molecular complexity index is 1350. The minimum absolute atomic E-state index is 0.146. The first kappa shape index (κ1) is 22.8. The fraction of sp³-hybridized carbons (Fsp3) is 0.444. The zero-order chi connectivity index (χ0) is 25.1. The van der Waals surface area contributed by atoms with Crippen molar-refractivity contribution >= 4 is 28.4 Å². The zero-order valence-electron chi connectivity index (χ0n) is 20.7. The Morgan fingerprint density at radius 1 is 0.973 bits per heavy atom. The molecule has 3 fully saturated rings. The predicted octanol–water partition coefficient (Wildman–Crippen LogP) is 2.49. The number of nitrogens with two attached hydrogens (primary N) is 2. The molecule has 5 N–H and O–H groups in total.